The highest BCUT2D eigenvalue weighted by Crippen LogP contribution is 1.85. The molecule has 0 aromatic rings. The number of likely N-dealkylation sites (N-methyl/N-ethyl adjacent to an activating group) is 1. The van der Waals surface area contributed by atoms with Gasteiger partial charge in [-0.2, -0.15) is 0 Å². The predicted molar refractivity (Wildman–Crippen MR) is 39.0 cm³/mol. The molecule has 0 aliphatic heterocycles. The van der Waals surface area contributed by atoms with Crippen LogP contribution in [0.1, 0.15) is 13.3 Å². The summed E-state index contributed by atoms with van der Waals surface area (Å²) >= 11 is 0. The Kier molecular flexibility index (Phi) is 8.39. The Hall–Kier alpha value is 0.0700. The van der Waals surface area contributed by atoms with Gasteiger partial charge in [0.25, 0.3) is 0 Å². The van der Waals surface area contributed by atoms with E-state index in [1.54, 1.807) is 6.92 Å². The van der Waals surface area contributed by atoms with E-state index in [9.17, 15) is 4.79 Å². The summed E-state index contributed by atoms with van der Waals surface area (Å²) in [4.78, 5) is 11.7. The van der Waals surface area contributed by atoms with E-state index in [0.29, 0.717) is 6.42 Å². The lowest BCUT2D eigenvalue weighted by Gasteiger charge is -2.17. The first-order valence-electron chi connectivity index (χ1n) is 3.48. The molecule has 0 radical (unpaired) electrons. The Labute approximate surface area is 78.2 Å². The molecule has 1 atom stereocenters. The summed E-state index contributed by atoms with van der Waals surface area (Å²) in [5.41, 5.74) is 0. The van der Waals surface area contributed by atoms with Crippen LogP contribution >= 0.6 is 0 Å². The number of ketones is 1. The first-order valence-corrected chi connectivity index (χ1v) is 3.48. The third-order valence-corrected chi connectivity index (χ3v) is 1.57. The minimum atomic E-state index is 0. The van der Waals surface area contributed by atoms with Crippen LogP contribution in [0.2, 0.25) is 0 Å². The molecule has 0 aromatic heterocycles. The van der Waals surface area contributed by atoms with Crippen molar-refractivity contribution in [2.45, 2.75) is 19.4 Å². The van der Waals surface area contributed by atoms with Crippen LogP contribution < -0.4 is 21.9 Å². The maximum absolute atomic E-state index is 10.6. The highest BCUT2D eigenvalue weighted by molar-refractivity contribution is 5.75. The van der Waals surface area contributed by atoms with Crippen LogP contribution in [0.5, 0.6) is 0 Å². The van der Waals surface area contributed by atoms with Crippen LogP contribution in [0, 0.1) is 0 Å². The van der Waals surface area contributed by atoms with E-state index >= 15 is 0 Å². The molecule has 0 fully saturated rings. The minimum absolute atomic E-state index is 0. The molecule has 11 heavy (non-hydrogen) atoms. The van der Waals surface area contributed by atoms with Crippen LogP contribution in [-0.4, -0.2) is 37.6 Å². The fourth-order valence-corrected chi connectivity index (χ4v) is 0.798. The molecule has 2 N–H and O–H groups in total. The average Bonchev–Trinajstić information content (AvgIpc) is 1.81. The summed E-state index contributed by atoms with van der Waals surface area (Å²) in [5.74, 6) is 0.139. The molecule has 0 saturated carbocycles. The summed E-state index contributed by atoms with van der Waals surface area (Å²) < 4.78 is 0. The molecule has 1 unspecified atom stereocenters. The lowest BCUT2D eigenvalue weighted by atomic mass is 10.1. The SMILES string of the molecule is CC(=O)CC(CO)[NH+](C)C.[Br-]. The van der Waals surface area contributed by atoms with Crippen molar-refractivity contribution in [2.75, 3.05) is 20.7 Å². The van der Waals surface area contributed by atoms with Crippen LogP contribution in [0.25, 0.3) is 0 Å². The molecule has 0 bridgehead atoms. The molecule has 68 valence electrons. The van der Waals surface area contributed by atoms with Gasteiger partial charge < -0.3 is 27.0 Å². The molecule has 0 spiro atoms. The fourth-order valence-electron chi connectivity index (χ4n) is 0.798. The lowest BCUT2D eigenvalue weighted by Crippen LogP contribution is -3.10. The highest BCUT2D eigenvalue weighted by atomic mass is 79.9. The second kappa shape index (κ2) is 6.76. The predicted octanol–water partition coefficient (Wildman–Crippen LogP) is -4.53. The van der Waals surface area contributed by atoms with E-state index in [2.05, 4.69) is 0 Å². The molecule has 4 heteroatoms. The Morgan fingerprint density at radius 2 is 2.00 bits per heavy atom. The second-order valence-corrected chi connectivity index (χ2v) is 2.86. The van der Waals surface area contributed by atoms with Gasteiger partial charge in [0.1, 0.15) is 11.8 Å². The van der Waals surface area contributed by atoms with Crippen molar-refractivity contribution in [3.8, 4) is 0 Å². The van der Waals surface area contributed by atoms with E-state index in [1.165, 1.54) is 0 Å². The van der Waals surface area contributed by atoms with Gasteiger partial charge in [-0.05, 0) is 6.92 Å². The van der Waals surface area contributed by atoms with Crippen molar-refractivity contribution in [1.29, 1.82) is 0 Å². The number of Topliss-reactive ketones (excluding diaryl/α,β-unsaturated/α-hetero) is 1. The Bertz CT molecular complexity index is 117. The van der Waals surface area contributed by atoms with Gasteiger partial charge in [-0.25, -0.2) is 0 Å². The van der Waals surface area contributed by atoms with Crippen molar-refractivity contribution in [3.63, 3.8) is 0 Å². The average molecular weight is 226 g/mol. The largest absolute Gasteiger partial charge is 1.00 e. The third kappa shape index (κ3) is 6.47. The zero-order valence-electron chi connectivity index (χ0n) is 7.22. The normalized spacial score (nSPS) is 12.5. The highest BCUT2D eigenvalue weighted by Gasteiger charge is 2.14. The summed E-state index contributed by atoms with van der Waals surface area (Å²) in [5, 5.41) is 8.77. The molecule has 0 heterocycles. The number of quaternary nitrogens is 1. The maximum Gasteiger partial charge on any atom is 0.135 e. The Balaban J connectivity index is 0. The molecule has 0 rings (SSSR count). The van der Waals surface area contributed by atoms with Gasteiger partial charge in [0.15, 0.2) is 0 Å². The van der Waals surface area contributed by atoms with Crippen molar-refractivity contribution in [1.82, 2.24) is 0 Å². The van der Waals surface area contributed by atoms with E-state index in [1.807, 2.05) is 14.1 Å². The van der Waals surface area contributed by atoms with Gasteiger partial charge >= 0.3 is 0 Å². The quantitative estimate of drug-likeness (QED) is 0.507. The van der Waals surface area contributed by atoms with Crippen molar-refractivity contribution in [2.24, 2.45) is 0 Å². The smallest absolute Gasteiger partial charge is 0.135 e. The van der Waals surface area contributed by atoms with E-state index in [-0.39, 0.29) is 35.4 Å². The summed E-state index contributed by atoms with van der Waals surface area (Å²) in [7, 11) is 3.87. The lowest BCUT2D eigenvalue weighted by molar-refractivity contribution is -0.885. The Morgan fingerprint density at radius 1 is 1.55 bits per heavy atom. The molecule has 3 nitrogen and oxygen atoms in total. The first kappa shape index (κ1) is 13.6. The van der Waals surface area contributed by atoms with Crippen LogP contribution in [-0.2, 0) is 4.79 Å². The monoisotopic (exact) mass is 225 g/mol. The number of hydrogen-bond donors (Lipinski definition) is 2. The number of aliphatic hydroxyl groups is 1. The zero-order chi connectivity index (χ0) is 8.15. The number of rotatable bonds is 4. The number of aliphatic hydroxyl groups excluding tert-OH is 1. The number of carbonyl (C=O) groups excluding carboxylic acids is 1. The van der Waals surface area contributed by atoms with Gasteiger partial charge in [-0.15, -0.1) is 0 Å². The van der Waals surface area contributed by atoms with Gasteiger partial charge in [-0.1, -0.05) is 0 Å². The third-order valence-electron chi connectivity index (χ3n) is 1.57. The molecule has 0 aliphatic carbocycles. The molecular formula is C7H16BrNO2. The molecule has 0 saturated heterocycles. The van der Waals surface area contributed by atoms with E-state index in [0.717, 1.165) is 4.90 Å². The van der Waals surface area contributed by atoms with Crippen molar-refractivity contribution < 1.29 is 31.8 Å². The molecule has 0 aromatic carbocycles. The standard InChI is InChI=1S/C7H15NO2.BrH/c1-6(10)4-7(5-9)8(2)3;/h7,9H,4-5H2,1-3H3;1H. The zero-order valence-corrected chi connectivity index (χ0v) is 8.81. The Morgan fingerprint density at radius 3 is 2.09 bits per heavy atom. The van der Waals surface area contributed by atoms with Crippen LogP contribution in [0.4, 0.5) is 0 Å². The number of carbonyl (C=O) groups is 1. The van der Waals surface area contributed by atoms with Gasteiger partial charge in [-0.3, -0.25) is 4.79 Å². The van der Waals surface area contributed by atoms with E-state index < -0.39 is 0 Å². The van der Waals surface area contributed by atoms with Crippen molar-refractivity contribution in [3.05, 3.63) is 0 Å². The van der Waals surface area contributed by atoms with E-state index in [4.69, 9.17) is 5.11 Å². The number of hydrogen-bond acceptors (Lipinski definition) is 2. The van der Waals surface area contributed by atoms with Gasteiger partial charge in [0, 0.05) is 0 Å². The maximum atomic E-state index is 10.6. The second-order valence-electron chi connectivity index (χ2n) is 2.86. The molecule has 0 amide bonds. The number of nitrogens with one attached hydrogen (secondary N) is 1. The van der Waals surface area contributed by atoms with Crippen molar-refractivity contribution >= 4 is 5.78 Å². The van der Waals surface area contributed by atoms with Crippen LogP contribution in [0.15, 0.2) is 0 Å². The molecule has 0 aliphatic rings. The first-order chi connectivity index (χ1) is 4.57. The van der Waals surface area contributed by atoms with Gasteiger partial charge in [0.05, 0.1) is 27.1 Å². The summed E-state index contributed by atoms with van der Waals surface area (Å²) in [6, 6.07) is 0.0671. The van der Waals surface area contributed by atoms with Gasteiger partial charge in [0.2, 0.25) is 0 Å². The number of halogens is 1. The topological polar surface area (TPSA) is 41.7 Å². The minimum Gasteiger partial charge on any atom is -1.00 e. The fraction of sp³-hybridized carbons (Fsp3) is 0.857. The summed E-state index contributed by atoms with van der Waals surface area (Å²) in [6.45, 7) is 1.63. The summed E-state index contributed by atoms with van der Waals surface area (Å²) in [6.07, 6.45) is 0.471. The molecular weight excluding hydrogens is 210 g/mol. The van der Waals surface area contributed by atoms with Crippen LogP contribution in [0.3, 0.4) is 0 Å².